The Morgan fingerprint density at radius 3 is 2.45 bits per heavy atom. The molecule has 1 unspecified atom stereocenters. The van der Waals surface area contributed by atoms with Gasteiger partial charge in [-0.05, 0) is 81.4 Å². The molecule has 2 aromatic carbocycles. The van der Waals surface area contributed by atoms with Crippen molar-refractivity contribution in [1.29, 1.82) is 0 Å². The second-order valence-corrected chi connectivity index (χ2v) is 8.26. The summed E-state index contributed by atoms with van der Waals surface area (Å²) in [5.41, 5.74) is 2.11. The van der Waals surface area contributed by atoms with Crippen molar-refractivity contribution >= 4 is 5.91 Å². The molecule has 2 aromatic rings. The molecule has 0 spiro atoms. The Morgan fingerprint density at radius 2 is 1.69 bits per heavy atom. The van der Waals surface area contributed by atoms with Crippen LogP contribution in [-0.4, -0.2) is 54.5 Å². The minimum Gasteiger partial charge on any atom is -0.494 e. The van der Waals surface area contributed by atoms with E-state index in [2.05, 4.69) is 34.1 Å². The number of carbonyl (C=O) groups is 1. The monoisotopic (exact) mass is 392 g/mol. The lowest BCUT2D eigenvalue weighted by atomic mass is 10.1. The fourth-order valence-corrected chi connectivity index (χ4v) is 4.53. The van der Waals surface area contributed by atoms with Gasteiger partial charge in [-0.15, -0.1) is 0 Å². The zero-order valence-electron chi connectivity index (χ0n) is 17.3. The first-order valence-corrected chi connectivity index (χ1v) is 11.1. The van der Waals surface area contributed by atoms with E-state index in [1.54, 1.807) is 0 Å². The van der Waals surface area contributed by atoms with Gasteiger partial charge in [-0.3, -0.25) is 4.79 Å². The second-order valence-electron chi connectivity index (χ2n) is 8.26. The second kappa shape index (κ2) is 9.93. The summed E-state index contributed by atoms with van der Waals surface area (Å²) in [6.45, 7) is 4.99. The summed E-state index contributed by atoms with van der Waals surface area (Å²) in [4.78, 5) is 17.6. The van der Waals surface area contributed by atoms with Gasteiger partial charge in [0.15, 0.2) is 0 Å². The van der Waals surface area contributed by atoms with E-state index in [-0.39, 0.29) is 5.91 Å². The number of hydrogen-bond acceptors (Lipinski definition) is 3. The largest absolute Gasteiger partial charge is 0.494 e. The highest BCUT2D eigenvalue weighted by Gasteiger charge is 2.31. The number of carbonyl (C=O) groups excluding carboxylic acids is 1. The fraction of sp³-hybridized carbons (Fsp3) is 0.480. The molecule has 29 heavy (non-hydrogen) atoms. The van der Waals surface area contributed by atoms with Gasteiger partial charge in [0.2, 0.25) is 0 Å². The average Bonchev–Trinajstić information content (AvgIpc) is 3.44. The predicted octanol–water partition coefficient (Wildman–Crippen LogP) is 4.40. The first-order chi connectivity index (χ1) is 14.3. The molecule has 4 nitrogen and oxygen atoms in total. The highest BCUT2D eigenvalue weighted by molar-refractivity contribution is 5.94. The predicted molar refractivity (Wildman–Crippen MR) is 116 cm³/mol. The van der Waals surface area contributed by atoms with Crippen LogP contribution in [0.5, 0.6) is 5.75 Å². The van der Waals surface area contributed by atoms with Crippen LogP contribution in [0.4, 0.5) is 0 Å². The maximum Gasteiger partial charge on any atom is 0.254 e. The molecule has 4 rings (SSSR count). The lowest BCUT2D eigenvalue weighted by Crippen LogP contribution is -2.42. The summed E-state index contributed by atoms with van der Waals surface area (Å²) in [6.07, 6.45) is 6.85. The molecule has 2 fully saturated rings. The van der Waals surface area contributed by atoms with Crippen LogP contribution < -0.4 is 4.74 Å². The molecule has 2 aliphatic heterocycles. The Kier molecular flexibility index (Phi) is 6.83. The molecule has 0 N–H and O–H groups in total. The van der Waals surface area contributed by atoms with Crippen molar-refractivity contribution in [2.75, 3.05) is 32.8 Å². The molecule has 0 aromatic heterocycles. The zero-order chi connectivity index (χ0) is 19.9. The van der Waals surface area contributed by atoms with Gasteiger partial charge in [-0.1, -0.05) is 30.3 Å². The van der Waals surface area contributed by atoms with Crippen LogP contribution in [0.3, 0.4) is 0 Å². The molecular weight excluding hydrogens is 360 g/mol. The van der Waals surface area contributed by atoms with Gasteiger partial charge in [0.1, 0.15) is 5.75 Å². The van der Waals surface area contributed by atoms with Crippen LogP contribution in [-0.2, 0) is 6.42 Å². The smallest absolute Gasteiger partial charge is 0.254 e. The fourth-order valence-electron chi connectivity index (χ4n) is 4.53. The molecular formula is C25H32N2O2. The van der Waals surface area contributed by atoms with Crippen molar-refractivity contribution in [2.24, 2.45) is 0 Å². The van der Waals surface area contributed by atoms with Gasteiger partial charge in [0, 0.05) is 24.7 Å². The Morgan fingerprint density at radius 1 is 0.931 bits per heavy atom. The van der Waals surface area contributed by atoms with Gasteiger partial charge in [0.25, 0.3) is 5.91 Å². The van der Waals surface area contributed by atoms with E-state index in [0.717, 1.165) is 50.1 Å². The van der Waals surface area contributed by atoms with E-state index < -0.39 is 0 Å². The summed E-state index contributed by atoms with van der Waals surface area (Å²) in [6, 6.07) is 18.5. The first-order valence-electron chi connectivity index (χ1n) is 11.1. The normalized spacial score (nSPS) is 19.6. The molecule has 0 saturated carbocycles. The quantitative estimate of drug-likeness (QED) is 0.624. The van der Waals surface area contributed by atoms with Crippen molar-refractivity contribution in [1.82, 2.24) is 9.80 Å². The highest BCUT2D eigenvalue weighted by Crippen LogP contribution is 2.23. The third-order valence-corrected chi connectivity index (χ3v) is 6.13. The number of likely N-dealkylation sites (tertiary alicyclic amines) is 2. The van der Waals surface area contributed by atoms with Crippen LogP contribution in [0.1, 0.15) is 48.0 Å². The first kappa shape index (κ1) is 20.0. The standard InChI is InChI=1S/C25H32N2O2/c28-25(27-18-6-11-23(27)20-26-16-4-5-17-26)22-12-14-24(15-13-22)29-19-7-10-21-8-2-1-3-9-21/h1-3,8-9,12-15,23H,4-7,10-11,16-20H2. The third-order valence-electron chi connectivity index (χ3n) is 6.13. The summed E-state index contributed by atoms with van der Waals surface area (Å²) < 4.78 is 5.87. The Labute approximate surface area is 174 Å². The topological polar surface area (TPSA) is 32.8 Å². The van der Waals surface area contributed by atoms with Crippen LogP contribution in [0.25, 0.3) is 0 Å². The van der Waals surface area contributed by atoms with Gasteiger partial charge in [-0.2, -0.15) is 0 Å². The molecule has 1 atom stereocenters. The van der Waals surface area contributed by atoms with Crippen LogP contribution in [0, 0.1) is 0 Å². The van der Waals surface area contributed by atoms with E-state index in [9.17, 15) is 4.79 Å². The van der Waals surface area contributed by atoms with E-state index >= 15 is 0 Å². The minimum absolute atomic E-state index is 0.169. The summed E-state index contributed by atoms with van der Waals surface area (Å²) >= 11 is 0. The van der Waals surface area contributed by atoms with Crippen LogP contribution in [0.15, 0.2) is 54.6 Å². The lowest BCUT2D eigenvalue weighted by molar-refractivity contribution is 0.0708. The Balaban J connectivity index is 1.26. The Hall–Kier alpha value is -2.33. The van der Waals surface area contributed by atoms with E-state index in [1.807, 2.05) is 30.3 Å². The number of rotatable bonds is 8. The van der Waals surface area contributed by atoms with Crippen molar-refractivity contribution < 1.29 is 9.53 Å². The number of amides is 1. The Bertz CT molecular complexity index is 769. The molecule has 154 valence electrons. The molecule has 1 amide bonds. The molecule has 0 bridgehead atoms. The SMILES string of the molecule is O=C(c1ccc(OCCCc2ccccc2)cc1)N1CCCC1CN1CCCC1. The van der Waals surface area contributed by atoms with Crippen LogP contribution in [0.2, 0.25) is 0 Å². The number of nitrogens with zero attached hydrogens (tertiary/aromatic N) is 2. The van der Waals surface area contributed by atoms with Crippen molar-refractivity contribution in [2.45, 2.75) is 44.6 Å². The third kappa shape index (κ3) is 5.39. The van der Waals surface area contributed by atoms with E-state index in [4.69, 9.17) is 4.74 Å². The summed E-state index contributed by atoms with van der Waals surface area (Å²) in [5, 5.41) is 0. The van der Waals surface area contributed by atoms with Gasteiger partial charge >= 0.3 is 0 Å². The molecule has 0 radical (unpaired) electrons. The number of ether oxygens (including phenoxy) is 1. The lowest BCUT2D eigenvalue weighted by Gasteiger charge is -2.28. The van der Waals surface area contributed by atoms with Gasteiger partial charge in [0.05, 0.1) is 6.61 Å². The van der Waals surface area contributed by atoms with Crippen LogP contribution >= 0.6 is 0 Å². The number of aryl methyl sites for hydroxylation is 1. The summed E-state index contributed by atoms with van der Waals surface area (Å²) in [7, 11) is 0. The van der Waals surface area contributed by atoms with Crippen molar-refractivity contribution in [3.8, 4) is 5.75 Å². The number of benzene rings is 2. The highest BCUT2D eigenvalue weighted by atomic mass is 16.5. The average molecular weight is 393 g/mol. The van der Waals surface area contributed by atoms with Crippen molar-refractivity contribution in [3.05, 3.63) is 65.7 Å². The van der Waals surface area contributed by atoms with Crippen molar-refractivity contribution in [3.63, 3.8) is 0 Å². The molecule has 2 heterocycles. The van der Waals surface area contributed by atoms with Gasteiger partial charge < -0.3 is 14.5 Å². The minimum atomic E-state index is 0.169. The molecule has 2 aliphatic rings. The molecule has 0 aliphatic carbocycles. The maximum absolute atomic E-state index is 13.0. The maximum atomic E-state index is 13.0. The zero-order valence-corrected chi connectivity index (χ0v) is 17.3. The molecule has 4 heteroatoms. The molecule has 2 saturated heterocycles. The van der Waals surface area contributed by atoms with E-state index in [1.165, 1.54) is 31.5 Å². The van der Waals surface area contributed by atoms with Gasteiger partial charge in [-0.25, -0.2) is 0 Å². The summed E-state index contributed by atoms with van der Waals surface area (Å²) in [5.74, 6) is 1.01. The number of hydrogen-bond donors (Lipinski definition) is 0. The van der Waals surface area contributed by atoms with E-state index in [0.29, 0.717) is 12.6 Å².